The van der Waals surface area contributed by atoms with Crippen molar-refractivity contribution in [3.8, 4) is 11.5 Å². The fourth-order valence-electron chi connectivity index (χ4n) is 3.15. The van der Waals surface area contributed by atoms with E-state index >= 15 is 0 Å². The quantitative estimate of drug-likeness (QED) is 0.628. The third kappa shape index (κ3) is 8.41. The van der Waals surface area contributed by atoms with Gasteiger partial charge in [0, 0.05) is 12.1 Å². The van der Waals surface area contributed by atoms with Crippen molar-refractivity contribution in [3.63, 3.8) is 0 Å². The molecule has 0 spiro atoms. The number of benzene rings is 1. The van der Waals surface area contributed by atoms with E-state index in [0.717, 1.165) is 18.4 Å². The van der Waals surface area contributed by atoms with Gasteiger partial charge in [0.2, 0.25) is 0 Å². The van der Waals surface area contributed by atoms with E-state index < -0.39 is 6.10 Å². The van der Waals surface area contributed by atoms with Crippen molar-refractivity contribution in [3.05, 3.63) is 36.4 Å². The summed E-state index contributed by atoms with van der Waals surface area (Å²) in [5.41, 5.74) is 1.31. The van der Waals surface area contributed by atoms with E-state index in [-0.39, 0.29) is 17.6 Å². The normalized spacial score (nSPS) is 13.4. The molecule has 1 atom stereocenters. The molecule has 4 nitrogen and oxygen atoms in total. The van der Waals surface area contributed by atoms with Crippen LogP contribution in [0.3, 0.4) is 0 Å². The second-order valence-corrected chi connectivity index (χ2v) is 8.45. The number of ether oxygens (including phenoxy) is 2. The molecule has 0 heterocycles. The van der Waals surface area contributed by atoms with Gasteiger partial charge in [-0.2, -0.15) is 0 Å². The van der Waals surface area contributed by atoms with Crippen LogP contribution in [0.5, 0.6) is 11.5 Å². The molecule has 2 N–H and O–H groups in total. The predicted molar refractivity (Wildman–Crippen MR) is 105 cm³/mol. The second-order valence-electron chi connectivity index (χ2n) is 8.45. The van der Waals surface area contributed by atoms with Gasteiger partial charge in [0.05, 0.1) is 7.11 Å². The van der Waals surface area contributed by atoms with E-state index in [4.69, 9.17) is 9.47 Å². The largest absolute Gasteiger partial charge is 0.493 e. The number of aliphatic hydroxyl groups excluding tert-OH is 1. The minimum atomic E-state index is -0.586. The third-order valence-corrected chi connectivity index (χ3v) is 3.83. The summed E-state index contributed by atoms with van der Waals surface area (Å²) in [4.78, 5) is 0. The molecule has 0 bridgehead atoms. The standard InChI is InChI=1S/C21H35NO3/c1-8-9-16-10-11-18(19(12-16)24-7)25-14-17(23)13-22-21(5,6)15-20(2,3)4/h8,10-12,17,22-23H,1,9,13-15H2,2-7H3. The summed E-state index contributed by atoms with van der Waals surface area (Å²) in [6, 6.07) is 5.80. The topological polar surface area (TPSA) is 50.7 Å². The van der Waals surface area contributed by atoms with Crippen LogP contribution >= 0.6 is 0 Å². The summed E-state index contributed by atoms with van der Waals surface area (Å²) in [7, 11) is 1.62. The van der Waals surface area contributed by atoms with Crippen molar-refractivity contribution in [1.82, 2.24) is 5.32 Å². The Balaban J connectivity index is 2.53. The number of allylic oxidation sites excluding steroid dienone is 1. The summed E-state index contributed by atoms with van der Waals surface area (Å²) in [6.07, 6.45) is 3.07. The molecule has 4 heteroatoms. The Hall–Kier alpha value is -1.52. The monoisotopic (exact) mass is 349 g/mol. The first-order valence-electron chi connectivity index (χ1n) is 8.90. The van der Waals surface area contributed by atoms with Crippen LogP contribution in [0.25, 0.3) is 0 Å². The van der Waals surface area contributed by atoms with E-state index in [1.165, 1.54) is 0 Å². The first-order chi connectivity index (χ1) is 11.6. The first kappa shape index (κ1) is 21.5. The molecule has 0 saturated heterocycles. The van der Waals surface area contributed by atoms with Crippen LogP contribution < -0.4 is 14.8 Å². The molecule has 0 aliphatic heterocycles. The van der Waals surface area contributed by atoms with Crippen molar-refractivity contribution in [2.75, 3.05) is 20.3 Å². The molecule has 0 aromatic heterocycles. The van der Waals surface area contributed by atoms with Gasteiger partial charge < -0.3 is 19.9 Å². The average Bonchev–Trinajstić information content (AvgIpc) is 2.49. The minimum Gasteiger partial charge on any atom is -0.493 e. The van der Waals surface area contributed by atoms with Crippen LogP contribution in [0.2, 0.25) is 0 Å². The molecule has 0 aliphatic carbocycles. The lowest BCUT2D eigenvalue weighted by atomic mass is 9.82. The molecule has 142 valence electrons. The van der Waals surface area contributed by atoms with E-state index in [1.807, 2.05) is 24.3 Å². The zero-order chi connectivity index (χ0) is 19.1. The number of nitrogens with one attached hydrogen (secondary N) is 1. The van der Waals surface area contributed by atoms with E-state index in [9.17, 15) is 5.11 Å². The maximum Gasteiger partial charge on any atom is 0.161 e. The molecule has 1 aromatic carbocycles. The lowest BCUT2D eigenvalue weighted by Gasteiger charge is -2.34. The Bertz CT molecular complexity index is 547. The molecular weight excluding hydrogens is 314 g/mol. The van der Waals surface area contributed by atoms with Gasteiger partial charge in [-0.1, -0.05) is 32.9 Å². The van der Waals surface area contributed by atoms with Crippen LogP contribution in [-0.4, -0.2) is 37.0 Å². The van der Waals surface area contributed by atoms with Gasteiger partial charge in [0.1, 0.15) is 12.7 Å². The molecule has 0 saturated carbocycles. The number of methoxy groups -OCH3 is 1. The summed E-state index contributed by atoms with van der Waals surface area (Å²) < 4.78 is 11.1. The Kier molecular flexibility index (Phi) is 7.97. The number of rotatable bonds is 10. The molecular formula is C21H35NO3. The summed E-state index contributed by atoms with van der Waals surface area (Å²) in [5.74, 6) is 1.32. The van der Waals surface area contributed by atoms with Crippen molar-refractivity contribution >= 4 is 0 Å². The Morgan fingerprint density at radius 2 is 1.88 bits per heavy atom. The fraction of sp³-hybridized carbons (Fsp3) is 0.619. The van der Waals surface area contributed by atoms with Crippen LogP contribution in [-0.2, 0) is 6.42 Å². The third-order valence-electron chi connectivity index (χ3n) is 3.83. The van der Waals surface area contributed by atoms with Gasteiger partial charge in [-0.15, -0.1) is 6.58 Å². The Morgan fingerprint density at radius 1 is 1.20 bits per heavy atom. The highest BCUT2D eigenvalue weighted by Gasteiger charge is 2.25. The van der Waals surface area contributed by atoms with Gasteiger partial charge in [-0.3, -0.25) is 0 Å². The van der Waals surface area contributed by atoms with Crippen molar-refractivity contribution in [2.24, 2.45) is 5.41 Å². The van der Waals surface area contributed by atoms with E-state index in [0.29, 0.717) is 18.0 Å². The van der Waals surface area contributed by atoms with Crippen LogP contribution in [0.4, 0.5) is 0 Å². The fourth-order valence-corrected chi connectivity index (χ4v) is 3.15. The lowest BCUT2D eigenvalue weighted by Crippen LogP contribution is -2.46. The van der Waals surface area contributed by atoms with Crippen LogP contribution in [0, 0.1) is 5.41 Å². The molecule has 0 aliphatic rings. The highest BCUT2D eigenvalue weighted by Crippen LogP contribution is 2.29. The van der Waals surface area contributed by atoms with Crippen molar-refractivity contribution in [1.29, 1.82) is 0 Å². The highest BCUT2D eigenvalue weighted by atomic mass is 16.5. The van der Waals surface area contributed by atoms with E-state index in [1.54, 1.807) is 7.11 Å². The second kappa shape index (κ2) is 9.25. The predicted octanol–water partition coefficient (Wildman–Crippen LogP) is 3.97. The number of β-amino-alcohol motifs (C(OH)–C–C–N with tert-alkyl or cyclic N) is 1. The lowest BCUT2D eigenvalue weighted by molar-refractivity contribution is 0.0930. The first-order valence-corrected chi connectivity index (χ1v) is 8.90. The van der Waals surface area contributed by atoms with Gasteiger partial charge in [-0.25, -0.2) is 0 Å². The molecule has 0 fully saturated rings. The molecule has 25 heavy (non-hydrogen) atoms. The maximum absolute atomic E-state index is 10.2. The van der Waals surface area contributed by atoms with Gasteiger partial charge in [0.15, 0.2) is 11.5 Å². The van der Waals surface area contributed by atoms with Crippen LogP contribution in [0.15, 0.2) is 30.9 Å². The van der Waals surface area contributed by atoms with Crippen LogP contribution in [0.1, 0.15) is 46.6 Å². The number of hydrogen-bond acceptors (Lipinski definition) is 4. The van der Waals surface area contributed by atoms with Gasteiger partial charge in [-0.05, 0) is 49.8 Å². The summed E-state index contributed by atoms with van der Waals surface area (Å²) in [6.45, 7) is 15.4. The van der Waals surface area contributed by atoms with Crippen molar-refractivity contribution < 1.29 is 14.6 Å². The van der Waals surface area contributed by atoms with Gasteiger partial charge in [0.25, 0.3) is 0 Å². The molecule has 1 aromatic rings. The molecule has 1 unspecified atom stereocenters. The van der Waals surface area contributed by atoms with Crippen molar-refractivity contribution in [2.45, 2.75) is 59.1 Å². The zero-order valence-corrected chi connectivity index (χ0v) is 16.7. The Morgan fingerprint density at radius 3 is 2.44 bits per heavy atom. The smallest absolute Gasteiger partial charge is 0.161 e. The Labute approximate surface area is 153 Å². The zero-order valence-electron chi connectivity index (χ0n) is 16.7. The summed E-state index contributed by atoms with van der Waals surface area (Å²) in [5, 5.41) is 13.7. The number of hydrogen-bond donors (Lipinski definition) is 2. The number of aliphatic hydroxyl groups is 1. The minimum absolute atomic E-state index is 0.0384. The summed E-state index contributed by atoms with van der Waals surface area (Å²) >= 11 is 0. The van der Waals surface area contributed by atoms with E-state index in [2.05, 4.69) is 46.5 Å². The molecule has 0 amide bonds. The average molecular weight is 350 g/mol. The molecule has 1 rings (SSSR count). The van der Waals surface area contributed by atoms with Gasteiger partial charge >= 0.3 is 0 Å². The SMILES string of the molecule is C=CCc1ccc(OCC(O)CNC(C)(C)CC(C)(C)C)c(OC)c1. The molecule has 0 radical (unpaired) electrons. The maximum atomic E-state index is 10.2. The highest BCUT2D eigenvalue weighted by molar-refractivity contribution is 5.43.